The van der Waals surface area contributed by atoms with Gasteiger partial charge in [-0.15, -0.1) is 0 Å². The number of rotatable bonds is 3. The van der Waals surface area contributed by atoms with Crippen LogP contribution >= 0.6 is 11.6 Å². The summed E-state index contributed by atoms with van der Waals surface area (Å²) >= 11 is 5.85. The van der Waals surface area contributed by atoms with Crippen LogP contribution in [0, 0.1) is 17.0 Å². The summed E-state index contributed by atoms with van der Waals surface area (Å²) < 4.78 is 37.9. The quantitative estimate of drug-likeness (QED) is 0.612. The summed E-state index contributed by atoms with van der Waals surface area (Å²) in [5.74, 6) is 0. The highest BCUT2D eigenvalue weighted by Crippen LogP contribution is 2.36. The van der Waals surface area contributed by atoms with E-state index in [1.165, 1.54) is 6.07 Å². The number of hydrogen-bond acceptors (Lipinski definition) is 3. The predicted octanol–water partition coefficient (Wildman–Crippen LogP) is 5.32. The Balaban J connectivity index is 2.47. The van der Waals surface area contributed by atoms with Gasteiger partial charge in [0.05, 0.1) is 10.5 Å². The minimum atomic E-state index is -4.64. The van der Waals surface area contributed by atoms with Gasteiger partial charge in [-0.2, -0.15) is 13.2 Å². The van der Waals surface area contributed by atoms with Crippen LogP contribution in [-0.2, 0) is 6.18 Å². The van der Waals surface area contributed by atoms with Crippen molar-refractivity contribution in [1.29, 1.82) is 0 Å². The molecule has 0 spiro atoms. The first-order valence-corrected chi connectivity index (χ1v) is 6.45. The first-order valence-electron chi connectivity index (χ1n) is 6.07. The number of aryl methyl sites for hydroxylation is 1. The third kappa shape index (κ3) is 3.48. The van der Waals surface area contributed by atoms with Crippen molar-refractivity contribution in [3.8, 4) is 0 Å². The predicted molar refractivity (Wildman–Crippen MR) is 77.6 cm³/mol. The highest BCUT2D eigenvalue weighted by atomic mass is 35.5. The average molecular weight is 331 g/mol. The molecule has 0 atom stereocenters. The molecule has 0 heterocycles. The fourth-order valence-corrected chi connectivity index (χ4v) is 2.01. The zero-order chi connectivity index (χ0) is 16.5. The third-order valence-electron chi connectivity index (χ3n) is 2.99. The molecule has 22 heavy (non-hydrogen) atoms. The van der Waals surface area contributed by atoms with Gasteiger partial charge in [0, 0.05) is 16.8 Å². The molecule has 0 aliphatic rings. The number of nitrogens with one attached hydrogen (secondary N) is 1. The van der Waals surface area contributed by atoms with Crippen molar-refractivity contribution < 1.29 is 18.1 Å². The van der Waals surface area contributed by atoms with Gasteiger partial charge in [-0.05, 0) is 36.8 Å². The molecule has 116 valence electrons. The molecule has 0 aromatic heterocycles. The maximum atomic E-state index is 12.6. The zero-order valence-corrected chi connectivity index (χ0v) is 12.0. The largest absolute Gasteiger partial charge is 0.416 e. The number of hydrogen-bond donors (Lipinski definition) is 1. The van der Waals surface area contributed by atoms with Crippen LogP contribution in [0.15, 0.2) is 36.4 Å². The summed E-state index contributed by atoms with van der Waals surface area (Å²) in [5, 5.41) is 14.2. The van der Waals surface area contributed by atoms with Gasteiger partial charge in [0.1, 0.15) is 5.69 Å². The molecule has 8 heteroatoms. The number of anilines is 2. The highest BCUT2D eigenvalue weighted by Gasteiger charge is 2.33. The standard InChI is InChI=1S/C14H10ClF3N2O2/c1-8-2-4-10(15)7-12(8)19-11-5-3-9(14(16,17)18)6-13(11)20(21)22/h2-7,19H,1H3. The minimum absolute atomic E-state index is 0.0385. The van der Waals surface area contributed by atoms with E-state index in [2.05, 4.69) is 5.32 Å². The maximum Gasteiger partial charge on any atom is 0.416 e. The van der Waals surface area contributed by atoms with Crippen molar-refractivity contribution in [2.45, 2.75) is 13.1 Å². The summed E-state index contributed by atoms with van der Waals surface area (Å²) in [5.41, 5.74) is -0.543. The second-order valence-electron chi connectivity index (χ2n) is 4.57. The highest BCUT2D eigenvalue weighted by molar-refractivity contribution is 6.30. The van der Waals surface area contributed by atoms with Crippen molar-refractivity contribution in [1.82, 2.24) is 0 Å². The Hall–Kier alpha value is -2.28. The van der Waals surface area contributed by atoms with E-state index in [1.54, 1.807) is 19.1 Å². The minimum Gasteiger partial charge on any atom is -0.350 e. The first kappa shape index (κ1) is 16.1. The van der Waals surface area contributed by atoms with Gasteiger partial charge >= 0.3 is 6.18 Å². The van der Waals surface area contributed by atoms with E-state index in [0.717, 1.165) is 17.7 Å². The van der Waals surface area contributed by atoms with Crippen molar-refractivity contribution in [3.05, 3.63) is 62.7 Å². The number of nitro benzene ring substituents is 1. The van der Waals surface area contributed by atoms with E-state index >= 15 is 0 Å². The van der Waals surface area contributed by atoms with Crippen LogP contribution in [0.3, 0.4) is 0 Å². The molecule has 0 saturated heterocycles. The number of halogens is 4. The van der Waals surface area contributed by atoms with E-state index in [4.69, 9.17) is 11.6 Å². The molecule has 0 radical (unpaired) electrons. The molecule has 2 aromatic carbocycles. The summed E-state index contributed by atoms with van der Waals surface area (Å²) in [7, 11) is 0. The van der Waals surface area contributed by atoms with Crippen molar-refractivity contribution in [3.63, 3.8) is 0 Å². The summed E-state index contributed by atoms with van der Waals surface area (Å²) in [6, 6.07) is 7.20. The lowest BCUT2D eigenvalue weighted by Gasteiger charge is -2.12. The number of alkyl halides is 3. The van der Waals surface area contributed by atoms with Crippen LogP contribution in [-0.4, -0.2) is 4.92 Å². The Morgan fingerprint density at radius 1 is 1.14 bits per heavy atom. The normalized spacial score (nSPS) is 11.3. The number of nitro groups is 1. The van der Waals surface area contributed by atoms with Crippen LogP contribution in [0.2, 0.25) is 5.02 Å². The van der Waals surface area contributed by atoms with E-state index < -0.39 is 22.4 Å². The van der Waals surface area contributed by atoms with Crippen molar-refractivity contribution >= 4 is 28.7 Å². The summed E-state index contributed by atoms with van der Waals surface area (Å²) in [4.78, 5) is 10.2. The lowest BCUT2D eigenvalue weighted by molar-refractivity contribution is -0.384. The Morgan fingerprint density at radius 3 is 2.41 bits per heavy atom. The molecular weight excluding hydrogens is 321 g/mol. The Bertz CT molecular complexity index is 733. The molecule has 0 fully saturated rings. The zero-order valence-electron chi connectivity index (χ0n) is 11.2. The maximum absolute atomic E-state index is 12.6. The third-order valence-corrected chi connectivity index (χ3v) is 3.23. The van der Waals surface area contributed by atoms with Crippen molar-refractivity contribution in [2.75, 3.05) is 5.32 Å². The van der Waals surface area contributed by atoms with Gasteiger partial charge in [-0.25, -0.2) is 0 Å². The van der Waals surface area contributed by atoms with Gasteiger partial charge in [0.15, 0.2) is 0 Å². The molecule has 0 unspecified atom stereocenters. The molecule has 0 bridgehead atoms. The summed E-state index contributed by atoms with van der Waals surface area (Å²) in [6.45, 7) is 1.74. The lowest BCUT2D eigenvalue weighted by Crippen LogP contribution is -2.07. The van der Waals surface area contributed by atoms with Crippen LogP contribution in [0.5, 0.6) is 0 Å². The fourth-order valence-electron chi connectivity index (χ4n) is 1.84. The average Bonchev–Trinajstić information content (AvgIpc) is 2.42. The van der Waals surface area contributed by atoms with Crippen LogP contribution in [0.25, 0.3) is 0 Å². The molecule has 0 aliphatic heterocycles. The molecular formula is C14H10ClF3N2O2. The molecule has 2 aromatic rings. The van der Waals surface area contributed by atoms with Gasteiger partial charge in [-0.1, -0.05) is 17.7 Å². The Labute approximate surface area is 128 Å². The van der Waals surface area contributed by atoms with E-state index in [9.17, 15) is 23.3 Å². The Kier molecular flexibility index (Phi) is 4.27. The lowest BCUT2D eigenvalue weighted by atomic mass is 10.1. The van der Waals surface area contributed by atoms with Gasteiger partial charge in [-0.3, -0.25) is 10.1 Å². The smallest absolute Gasteiger partial charge is 0.350 e. The molecule has 4 nitrogen and oxygen atoms in total. The molecule has 1 N–H and O–H groups in total. The molecule has 2 rings (SSSR count). The fraction of sp³-hybridized carbons (Fsp3) is 0.143. The van der Waals surface area contributed by atoms with E-state index in [0.29, 0.717) is 16.8 Å². The first-order chi connectivity index (χ1) is 10.2. The van der Waals surface area contributed by atoms with Crippen LogP contribution in [0.1, 0.15) is 11.1 Å². The topological polar surface area (TPSA) is 55.2 Å². The SMILES string of the molecule is Cc1ccc(Cl)cc1Nc1ccc(C(F)(F)F)cc1[N+](=O)[O-]. The van der Waals surface area contributed by atoms with E-state index in [-0.39, 0.29) is 5.69 Å². The second kappa shape index (κ2) is 5.84. The number of benzene rings is 2. The Morgan fingerprint density at radius 2 is 1.82 bits per heavy atom. The second-order valence-corrected chi connectivity index (χ2v) is 5.01. The van der Waals surface area contributed by atoms with E-state index in [1.807, 2.05) is 0 Å². The molecule has 0 saturated carbocycles. The molecule has 0 aliphatic carbocycles. The van der Waals surface area contributed by atoms with Gasteiger partial charge in [0.2, 0.25) is 0 Å². The van der Waals surface area contributed by atoms with Crippen molar-refractivity contribution in [2.24, 2.45) is 0 Å². The van der Waals surface area contributed by atoms with Crippen LogP contribution < -0.4 is 5.32 Å². The van der Waals surface area contributed by atoms with Crippen LogP contribution in [0.4, 0.5) is 30.2 Å². The number of nitrogens with zero attached hydrogens (tertiary/aromatic N) is 1. The molecule has 0 amide bonds. The van der Waals surface area contributed by atoms with Gasteiger partial charge in [0.25, 0.3) is 5.69 Å². The summed E-state index contributed by atoms with van der Waals surface area (Å²) in [6.07, 6.45) is -4.64. The van der Waals surface area contributed by atoms with Gasteiger partial charge < -0.3 is 5.32 Å². The monoisotopic (exact) mass is 330 g/mol.